The Morgan fingerprint density at radius 1 is 1.33 bits per heavy atom. The van der Waals surface area contributed by atoms with E-state index >= 15 is 0 Å². The third-order valence-electron chi connectivity index (χ3n) is 2.36. The first-order chi connectivity index (χ1) is 7.40. The van der Waals surface area contributed by atoms with Crippen LogP contribution in [0.15, 0.2) is 42.9 Å². The molecule has 3 nitrogen and oxygen atoms in total. The van der Waals surface area contributed by atoms with Crippen LogP contribution < -0.4 is 5.32 Å². The number of rotatable bonds is 4. The van der Waals surface area contributed by atoms with Crippen molar-refractivity contribution in [2.75, 3.05) is 7.05 Å². The number of hydrogen-bond donors (Lipinski definition) is 1. The molecule has 2 heterocycles. The Bertz CT molecular complexity index is 406. The van der Waals surface area contributed by atoms with Crippen molar-refractivity contribution < 1.29 is 0 Å². The quantitative estimate of drug-likeness (QED) is 0.815. The average Bonchev–Trinajstić information content (AvgIpc) is 2.68. The molecule has 0 aromatic carbocycles. The number of pyridine rings is 1. The molecule has 0 saturated heterocycles. The molecule has 1 N–H and O–H groups in total. The van der Waals surface area contributed by atoms with Crippen molar-refractivity contribution in [3.63, 3.8) is 0 Å². The Morgan fingerprint density at radius 3 is 3.00 bits per heavy atom. The molecule has 0 fully saturated rings. The van der Waals surface area contributed by atoms with Gasteiger partial charge < -0.3 is 9.88 Å². The monoisotopic (exact) mass is 201 g/mol. The molecular weight excluding hydrogens is 186 g/mol. The summed E-state index contributed by atoms with van der Waals surface area (Å²) >= 11 is 0. The highest BCUT2D eigenvalue weighted by atomic mass is 15.0. The van der Waals surface area contributed by atoms with Crippen molar-refractivity contribution in [1.29, 1.82) is 0 Å². The van der Waals surface area contributed by atoms with Crippen molar-refractivity contribution in [3.05, 3.63) is 54.1 Å². The fourth-order valence-corrected chi connectivity index (χ4v) is 1.63. The zero-order valence-corrected chi connectivity index (χ0v) is 8.85. The molecule has 0 bridgehead atoms. The largest absolute Gasteiger partial charge is 0.346 e. The van der Waals surface area contributed by atoms with E-state index in [1.807, 2.05) is 19.3 Å². The van der Waals surface area contributed by atoms with E-state index in [9.17, 15) is 0 Å². The zero-order valence-electron chi connectivity index (χ0n) is 8.85. The highest BCUT2D eigenvalue weighted by Crippen LogP contribution is 2.06. The van der Waals surface area contributed by atoms with Crippen molar-refractivity contribution in [1.82, 2.24) is 14.9 Å². The van der Waals surface area contributed by atoms with Gasteiger partial charge in [0.1, 0.15) is 0 Å². The summed E-state index contributed by atoms with van der Waals surface area (Å²) in [6, 6.07) is 8.27. The predicted molar refractivity (Wildman–Crippen MR) is 60.5 cm³/mol. The van der Waals surface area contributed by atoms with Crippen molar-refractivity contribution in [2.45, 2.75) is 13.1 Å². The van der Waals surface area contributed by atoms with Crippen LogP contribution in [0.25, 0.3) is 0 Å². The molecule has 0 radical (unpaired) electrons. The summed E-state index contributed by atoms with van der Waals surface area (Å²) in [7, 11) is 1.96. The van der Waals surface area contributed by atoms with Gasteiger partial charge in [0.25, 0.3) is 0 Å². The molecule has 0 amide bonds. The Kier molecular flexibility index (Phi) is 3.15. The van der Waals surface area contributed by atoms with E-state index in [2.05, 4.69) is 39.3 Å². The van der Waals surface area contributed by atoms with E-state index in [0.29, 0.717) is 0 Å². The van der Waals surface area contributed by atoms with Gasteiger partial charge in [-0.3, -0.25) is 4.98 Å². The lowest BCUT2D eigenvalue weighted by Gasteiger charge is -2.08. The van der Waals surface area contributed by atoms with Crippen LogP contribution in [0.1, 0.15) is 11.3 Å². The predicted octanol–water partition coefficient (Wildman–Crippen LogP) is 1.65. The van der Waals surface area contributed by atoms with Crippen LogP contribution in [0.4, 0.5) is 0 Å². The summed E-state index contributed by atoms with van der Waals surface area (Å²) in [5.41, 5.74) is 2.52. The van der Waals surface area contributed by atoms with E-state index in [4.69, 9.17) is 0 Å². The van der Waals surface area contributed by atoms with Crippen molar-refractivity contribution in [2.24, 2.45) is 0 Å². The summed E-state index contributed by atoms with van der Waals surface area (Å²) in [5.74, 6) is 0. The Labute approximate surface area is 89.8 Å². The number of aromatic nitrogens is 2. The molecule has 0 atom stereocenters. The van der Waals surface area contributed by atoms with Crippen LogP contribution in [-0.2, 0) is 13.1 Å². The molecule has 0 aliphatic rings. The number of hydrogen-bond acceptors (Lipinski definition) is 2. The zero-order chi connectivity index (χ0) is 10.5. The maximum atomic E-state index is 4.11. The van der Waals surface area contributed by atoms with Gasteiger partial charge in [0.2, 0.25) is 0 Å². The van der Waals surface area contributed by atoms with Crippen LogP contribution >= 0.6 is 0 Å². The van der Waals surface area contributed by atoms with Crippen LogP contribution in [0.2, 0.25) is 0 Å². The molecule has 2 aromatic rings. The lowest BCUT2D eigenvalue weighted by Crippen LogP contribution is -2.11. The standard InChI is InChI=1S/C12H15N3/c1-13-9-12-5-3-7-15(12)10-11-4-2-6-14-8-11/h2-8,13H,9-10H2,1H3. The van der Waals surface area contributed by atoms with Gasteiger partial charge >= 0.3 is 0 Å². The lowest BCUT2D eigenvalue weighted by atomic mass is 10.3. The summed E-state index contributed by atoms with van der Waals surface area (Å²) in [6.45, 7) is 1.78. The second kappa shape index (κ2) is 4.75. The summed E-state index contributed by atoms with van der Waals surface area (Å²) in [5, 5.41) is 3.16. The highest BCUT2D eigenvalue weighted by Gasteiger charge is 2.00. The third-order valence-corrected chi connectivity index (χ3v) is 2.36. The molecule has 2 rings (SSSR count). The Morgan fingerprint density at radius 2 is 2.27 bits per heavy atom. The normalized spacial score (nSPS) is 10.5. The van der Waals surface area contributed by atoms with Gasteiger partial charge in [0.05, 0.1) is 0 Å². The fraction of sp³-hybridized carbons (Fsp3) is 0.250. The molecule has 0 unspecified atom stereocenters. The molecule has 0 aliphatic carbocycles. The van der Waals surface area contributed by atoms with Gasteiger partial charge in [-0.25, -0.2) is 0 Å². The molecule has 0 spiro atoms. The Balaban J connectivity index is 2.14. The summed E-state index contributed by atoms with van der Waals surface area (Å²) < 4.78 is 2.23. The van der Waals surface area contributed by atoms with E-state index < -0.39 is 0 Å². The number of nitrogens with zero attached hydrogens (tertiary/aromatic N) is 2. The molecule has 0 saturated carbocycles. The van der Waals surface area contributed by atoms with Gasteiger partial charge in [0.15, 0.2) is 0 Å². The van der Waals surface area contributed by atoms with Gasteiger partial charge in [-0.15, -0.1) is 0 Å². The van der Waals surface area contributed by atoms with Crippen LogP contribution in [0.5, 0.6) is 0 Å². The van der Waals surface area contributed by atoms with Crippen LogP contribution in [0, 0.1) is 0 Å². The average molecular weight is 201 g/mol. The topological polar surface area (TPSA) is 29.9 Å². The Hall–Kier alpha value is -1.61. The van der Waals surface area contributed by atoms with E-state index in [1.165, 1.54) is 11.3 Å². The maximum Gasteiger partial charge on any atom is 0.0488 e. The first kappa shape index (κ1) is 9.93. The maximum absolute atomic E-state index is 4.11. The van der Waals surface area contributed by atoms with Crippen LogP contribution in [-0.4, -0.2) is 16.6 Å². The lowest BCUT2D eigenvalue weighted by molar-refractivity contribution is 0.693. The first-order valence-corrected chi connectivity index (χ1v) is 5.07. The number of nitrogens with one attached hydrogen (secondary N) is 1. The van der Waals surface area contributed by atoms with Crippen molar-refractivity contribution in [3.8, 4) is 0 Å². The third kappa shape index (κ3) is 2.44. The summed E-state index contributed by atoms with van der Waals surface area (Å²) in [6.07, 6.45) is 5.80. The van der Waals surface area contributed by atoms with Crippen LogP contribution in [0.3, 0.4) is 0 Å². The molecular formula is C12H15N3. The SMILES string of the molecule is CNCc1cccn1Cc1cccnc1. The molecule has 78 valence electrons. The molecule has 2 aromatic heterocycles. The van der Waals surface area contributed by atoms with Crippen molar-refractivity contribution >= 4 is 0 Å². The van der Waals surface area contributed by atoms with Gasteiger partial charge in [0, 0.05) is 37.4 Å². The molecule has 15 heavy (non-hydrogen) atoms. The minimum Gasteiger partial charge on any atom is -0.346 e. The van der Waals surface area contributed by atoms with E-state index in [-0.39, 0.29) is 0 Å². The smallest absolute Gasteiger partial charge is 0.0488 e. The molecule has 0 aliphatic heterocycles. The minimum atomic E-state index is 0.887. The van der Waals surface area contributed by atoms with Gasteiger partial charge in [-0.05, 0) is 30.8 Å². The second-order valence-corrected chi connectivity index (χ2v) is 3.52. The van der Waals surface area contributed by atoms with E-state index in [1.54, 1.807) is 6.20 Å². The van der Waals surface area contributed by atoms with Gasteiger partial charge in [-0.1, -0.05) is 6.07 Å². The molecule has 3 heteroatoms. The highest BCUT2D eigenvalue weighted by molar-refractivity contribution is 5.14. The summed E-state index contributed by atoms with van der Waals surface area (Å²) in [4.78, 5) is 4.11. The van der Waals surface area contributed by atoms with E-state index in [0.717, 1.165) is 13.1 Å². The minimum absolute atomic E-state index is 0.887. The fourth-order valence-electron chi connectivity index (χ4n) is 1.63. The second-order valence-electron chi connectivity index (χ2n) is 3.52. The first-order valence-electron chi connectivity index (χ1n) is 5.07. The van der Waals surface area contributed by atoms with Gasteiger partial charge in [-0.2, -0.15) is 0 Å².